The first-order valence-electron chi connectivity index (χ1n) is 7.09. The van der Waals surface area contributed by atoms with E-state index in [0.717, 1.165) is 17.1 Å². The van der Waals surface area contributed by atoms with Gasteiger partial charge in [0.1, 0.15) is 16.4 Å². The van der Waals surface area contributed by atoms with Gasteiger partial charge in [-0.25, -0.2) is 4.39 Å². The summed E-state index contributed by atoms with van der Waals surface area (Å²) in [7, 11) is 0. The Morgan fingerprint density at radius 2 is 1.83 bits per heavy atom. The van der Waals surface area contributed by atoms with E-state index in [1.165, 1.54) is 12.1 Å². The SMILES string of the molecule is C[C@H](NC(=O)c1snnc1-c1ccc(F)cc1)c1ccccc1. The molecule has 0 unspecified atom stereocenters. The van der Waals surface area contributed by atoms with Gasteiger partial charge in [0.05, 0.1) is 6.04 Å². The summed E-state index contributed by atoms with van der Waals surface area (Å²) < 4.78 is 16.9. The van der Waals surface area contributed by atoms with Gasteiger partial charge in [0.25, 0.3) is 5.91 Å². The highest BCUT2D eigenvalue weighted by Crippen LogP contribution is 2.25. The third kappa shape index (κ3) is 3.43. The van der Waals surface area contributed by atoms with Gasteiger partial charge < -0.3 is 5.32 Å². The second-order valence-corrected chi connectivity index (χ2v) is 5.82. The Morgan fingerprint density at radius 1 is 1.13 bits per heavy atom. The topological polar surface area (TPSA) is 54.9 Å². The number of benzene rings is 2. The fraction of sp³-hybridized carbons (Fsp3) is 0.118. The molecule has 1 amide bonds. The zero-order chi connectivity index (χ0) is 16.2. The van der Waals surface area contributed by atoms with E-state index in [0.29, 0.717) is 16.1 Å². The van der Waals surface area contributed by atoms with E-state index in [2.05, 4.69) is 14.9 Å². The molecule has 0 aliphatic rings. The first-order chi connectivity index (χ1) is 11.1. The molecule has 23 heavy (non-hydrogen) atoms. The first kappa shape index (κ1) is 15.3. The smallest absolute Gasteiger partial charge is 0.265 e. The zero-order valence-corrected chi connectivity index (χ0v) is 13.2. The average Bonchev–Trinajstić information content (AvgIpc) is 3.06. The standard InChI is InChI=1S/C17H14FN3OS/c1-11(12-5-3-2-4-6-12)19-17(22)16-15(20-21-23-16)13-7-9-14(18)10-8-13/h2-11H,1H3,(H,19,22)/t11-/m0/s1. The lowest BCUT2D eigenvalue weighted by atomic mass is 10.1. The van der Waals surface area contributed by atoms with Crippen molar-refractivity contribution < 1.29 is 9.18 Å². The van der Waals surface area contributed by atoms with Crippen LogP contribution in [0.15, 0.2) is 54.6 Å². The maximum Gasteiger partial charge on any atom is 0.265 e. The first-order valence-corrected chi connectivity index (χ1v) is 7.86. The van der Waals surface area contributed by atoms with E-state index in [1.807, 2.05) is 37.3 Å². The number of nitrogens with zero attached hydrogens (tertiary/aromatic N) is 2. The summed E-state index contributed by atoms with van der Waals surface area (Å²) in [5, 5.41) is 6.94. The Kier molecular flexibility index (Phi) is 4.43. The second-order valence-electron chi connectivity index (χ2n) is 5.06. The fourth-order valence-electron chi connectivity index (χ4n) is 2.22. The molecule has 1 N–H and O–H groups in total. The molecule has 0 aliphatic carbocycles. The van der Waals surface area contributed by atoms with Gasteiger partial charge >= 0.3 is 0 Å². The van der Waals surface area contributed by atoms with Gasteiger partial charge in [-0.2, -0.15) is 0 Å². The van der Waals surface area contributed by atoms with Crippen LogP contribution in [0.2, 0.25) is 0 Å². The Bertz CT molecular complexity index is 802. The van der Waals surface area contributed by atoms with Crippen LogP contribution in [-0.4, -0.2) is 15.5 Å². The molecule has 6 heteroatoms. The van der Waals surface area contributed by atoms with Gasteiger partial charge in [0.15, 0.2) is 0 Å². The summed E-state index contributed by atoms with van der Waals surface area (Å²) >= 11 is 1.03. The van der Waals surface area contributed by atoms with Crippen molar-refractivity contribution in [3.63, 3.8) is 0 Å². The molecule has 3 rings (SSSR count). The zero-order valence-electron chi connectivity index (χ0n) is 12.4. The van der Waals surface area contributed by atoms with E-state index in [9.17, 15) is 9.18 Å². The van der Waals surface area contributed by atoms with Gasteiger partial charge in [-0.3, -0.25) is 4.79 Å². The van der Waals surface area contributed by atoms with E-state index < -0.39 is 0 Å². The molecule has 4 nitrogen and oxygen atoms in total. The molecule has 0 spiro atoms. The maximum atomic E-state index is 13.0. The number of halogens is 1. The highest BCUT2D eigenvalue weighted by Gasteiger charge is 2.19. The van der Waals surface area contributed by atoms with Gasteiger partial charge in [-0.05, 0) is 48.3 Å². The van der Waals surface area contributed by atoms with E-state index in [-0.39, 0.29) is 17.8 Å². The molecule has 3 aromatic rings. The minimum Gasteiger partial charge on any atom is -0.345 e. The minimum atomic E-state index is -0.333. The number of hydrogen-bond acceptors (Lipinski definition) is 4. The summed E-state index contributed by atoms with van der Waals surface area (Å²) in [5.41, 5.74) is 2.15. The predicted octanol–water partition coefficient (Wildman–Crippen LogP) is 3.84. The molecule has 0 bridgehead atoms. The Balaban J connectivity index is 1.81. The highest BCUT2D eigenvalue weighted by molar-refractivity contribution is 7.08. The molecule has 0 saturated carbocycles. The number of rotatable bonds is 4. The van der Waals surface area contributed by atoms with Crippen LogP contribution >= 0.6 is 11.5 Å². The summed E-state index contributed by atoms with van der Waals surface area (Å²) in [4.78, 5) is 12.9. The number of carbonyl (C=O) groups is 1. The van der Waals surface area contributed by atoms with Crippen molar-refractivity contribution in [2.75, 3.05) is 0 Å². The van der Waals surface area contributed by atoms with E-state index in [4.69, 9.17) is 0 Å². The van der Waals surface area contributed by atoms with Crippen molar-refractivity contribution in [2.24, 2.45) is 0 Å². The van der Waals surface area contributed by atoms with Crippen molar-refractivity contribution in [1.29, 1.82) is 0 Å². The Labute approximate surface area is 137 Å². The summed E-state index contributed by atoms with van der Waals surface area (Å²) in [5.74, 6) is -0.573. The van der Waals surface area contributed by atoms with Crippen LogP contribution in [0.1, 0.15) is 28.2 Å². The number of amides is 1. The average molecular weight is 327 g/mol. The molecule has 0 fully saturated rings. The van der Waals surface area contributed by atoms with Crippen LogP contribution in [0, 0.1) is 5.82 Å². The molecule has 116 valence electrons. The monoisotopic (exact) mass is 327 g/mol. The van der Waals surface area contributed by atoms with Crippen LogP contribution < -0.4 is 5.32 Å². The lowest BCUT2D eigenvalue weighted by Gasteiger charge is -2.13. The van der Waals surface area contributed by atoms with Crippen LogP contribution in [0.5, 0.6) is 0 Å². The Morgan fingerprint density at radius 3 is 2.52 bits per heavy atom. The van der Waals surface area contributed by atoms with Crippen molar-refractivity contribution >= 4 is 17.4 Å². The van der Waals surface area contributed by atoms with Gasteiger partial charge in [0.2, 0.25) is 0 Å². The number of carbonyl (C=O) groups excluding carboxylic acids is 1. The van der Waals surface area contributed by atoms with E-state index >= 15 is 0 Å². The molecular formula is C17H14FN3OS. The third-order valence-electron chi connectivity index (χ3n) is 3.46. The largest absolute Gasteiger partial charge is 0.345 e. The normalized spacial score (nSPS) is 11.9. The molecule has 1 heterocycles. The molecular weight excluding hydrogens is 313 g/mol. The predicted molar refractivity (Wildman–Crippen MR) is 87.6 cm³/mol. The number of hydrogen-bond donors (Lipinski definition) is 1. The summed E-state index contributed by atoms with van der Waals surface area (Å²) in [6.45, 7) is 1.92. The summed E-state index contributed by atoms with van der Waals surface area (Å²) in [6.07, 6.45) is 0. The maximum absolute atomic E-state index is 13.0. The van der Waals surface area contributed by atoms with E-state index in [1.54, 1.807) is 12.1 Å². The molecule has 0 saturated heterocycles. The number of aromatic nitrogens is 2. The lowest BCUT2D eigenvalue weighted by Crippen LogP contribution is -2.26. The molecule has 1 atom stereocenters. The molecule has 1 aromatic heterocycles. The van der Waals surface area contributed by atoms with Crippen molar-refractivity contribution in [3.8, 4) is 11.3 Å². The van der Waals surface area contributed by atoms with Crippen LogP contribution in [0.3, 0.4) is 0 Å². The molecule has 0 radical (unpaired) electrons. The summed E-state index contributed by atoms with van der Waals surface area (Å²) in [6, 6.07) is 15.4. The van der Waals surface area contributed by atoms with Gasteiger partial charge in [-0.1, -0.05) is 34.8 Å². The second kappa shape index (κ2) is 6.66. The quantitative estimate of drug-likeness (QED) is 0.792. The van der Waals surface area contributed by atoms with Crippen LogP contribution in [0.4, 0.5) is 4.39 Å². The molecule has 2 aromatic carbocycles. The van der Waals surface area contributed by atoms with Crippen molar-refractivity contribution in [1.82, 2.24) is 14.9 Å². The lowest BCUT2D eigenvalue weighted by molar-refractivity contribution is 0.0944. The van der Waals surface area contributed by atoms with Gasteiger partial charge in [0, 0.05) is 5.56 Å². The Hall–Kier alpha value is -2.60. The van der Waals surface area contributed by atoms with Crippen LogP contribution in [-0.2, 0) is 0 Å². The van der Waals surface area contributed by atoms with Gasteiger partial charge in [-0.15, -0.1) is 5.10 Å². The molecule has 0 aliphatic heterocycles. The number of nitrogens with one attached hydrogen (secondary N) is 1. The minimum absolute atomic E-state index is 0.133. The van der Waals surface area contributed by atoms with Crippen molar-refractivity contribution in [2.45, 2.75) is 13.0 Å². The highest BCUT2D eigenvalue weighted by atomic mass is 32.1. The fourth-order valence-corrected chi connectivity index (χ4v) is 2.81. The third-order valence-corrected chi connectivity index (χ3v) is 4.18. The van der Waals surface area contributed by atoms with Crippen LogP contribution in [0.25, 0.3) is 11.3 Å². The van der Waals surface area contributed by atoms with Crippen molar-refractivity contribution in [3.05, 3.63) is 70.9 Å².